The van der Waals surface area contributed by atoms with Crippen molar-refractivity contribution in [1.29, 1.82) is 0 Å². The molecule has 0 heterocycles. The summed E-state index contributed by atoms with van der Waals surface area (Å²) < 4.78 is 5.17. The van der Waals surface area contributed by atoms with E-state index in [1.165, 1.54) is 6.08 Å². The quantitative estimate of drug-likeness (QED) is 0.359. The van der Waals surface area contributed by atoms with Crippen LogP contribution in [0.2, 0.25) is 5.02 Å². The lowest BCUT2D eigenvalue weighted by Gasteiger charge is -2.05. The SMILES string of the molecule is C/C(=C\C(=O)c1ccc(Cl)cc1)OC(=O)c1ccc(C)cc1. The molecule has 0 amide bonds. The smallest absolute Gasteiger partial charge is 0.343 e. The number of benzene rings is 2. The molecular weight excluding hydrogens is 300 g/mol. The number of rotatable bonds is 4. The van der Waals surface area contributed by atoms with Crippen molar-refractivity contribution < 1.29 is 14.3 Å². The summed E-state index contributed by atoms with van der Waals surface area (Å²) in [6, 6.07) is 13.5. The number of carbonyl (C=O) groups excluding carboxylic acids is 2. The first-order valence-corrected chi connectivity index (χ1v) is 7.10. The lowest BCUT2D eigenvalue weighted by molar-refractivity contribution is 0.0625. The maximum atomic E-state index is 12.0. The van der Waals surface area contributed by atoms with Gasteiger partial charge in [-0.15, -0.1) is 0 Å². The summed E-state index contributed by atoms with van der Waals surface area (Å²) in [5.74, 6) is -0.492. The highest BCUT2D eigenvalue weighted by Crippen LogP contribution is 2.12. The molecule has 0 saturated heterocycles. The third kappa shape index (κ3) is 4.30. The molecular formula is C18H15ClO3. The fourth-order valence-corrected chi connectivity index (χ4v) is 1.93. The Bertz CT molecular complexity index is 713. The Kier molecular flexibility index (Phi) is 5.12. The molecule has 4 heteroatoms. The summed E-state index contributed by atoms with van der Waals surface area (Å²) in [5.41, 5.74) is 1.98. The number of ketones is 1. The van der Waals surface area contributed by atoms with E-state index in [2.05, 4.69) is 0 Å². The monoisotopic (exact) mass is 314 g/mol. The minimum atomic E-state index is -0.488. The van der Waals surface area contributed by atoms with Gasteiger partial charge in [-0.2, -0.15) is 0 Å². The van der Waals surface area contributed by atoms with E-state index < -0.39 is 5.97 Å². The first-order valence-electron chi connectivity index (χ1n) is 6.73. The van der Waals surface area contributed by atoms with Gasteiger partial charge in [-0.3, -0.25) is 4.79 Å². The molecule has 0 radical (unpaired) electrons. The van der Waals surface area contributed by atoms with Gasteiger partial charge in [-0.05, 0) is 50.2 Å². The fraction of sp³-hybridized carbons (Fsp3) is 0.111. The molecule has 22 heavy (non-hydrogen) atoms. The van der Waals surface area contributed by atoms with Crippen LogP contribution in [0.25, 0.3) is 0 Å². The first-order chi connectivity index (χ1) is 10.5. The normalized spacial score (nSPS) is 11.1. The van der Waals surface area contributed by atoms with Crippen LogP contribution in [-0.4, -0.2) is 11.8 Å². The minimum absolute atomic E-state index is 0.241. The highest BCUT2D eigenvalue weighted by molar-refractivity contribution is 6.30. The van der Waals surface area contributed by atoms with Crippen LogP contribution in [0.15, 0.2) is 60.4 Å². The molecule has 0 N–H and O–H groups in total. The van der Waals surface area contributed by atoms with Gasteiger partial charge >= 0.3 is 5.97 Å². The van der Waals surface area contributed by atoms with Crippen LogP contribution in [-0.2, 0) is 4.74 Å². The Balaban J connectivity index is 2.05. The van der Waals surface area contributed by atoms with Crippen molar-refractivity contribution in [3.63, 3.8) is 0 Å². The maximum Gasteiger partial charge on any atom is 0.343 e. The van der Waals surface area contributed by atoms with Gasteiger partial charge in [0.2, 0.25) is 0 Å². The molecule has 3 nitrogen and oxygen atoms in total. The highest BCUT2D eigenvalue weighted by Gasteiger charge is 2.09. The molecule has 0 aliphatic rings. The molecule has 2 rings (SSSR count). The van der Waals surface area contributed by atoms with Crippen LogP contribution in [0.3, 0.4) is 0 Å². The van der Waals surface area contributed by atoms with Crippen LogP contribution < -0.4 is 0 Å². The van der Waals surface area contributed by atoms with Crippen LogP contribution >= 0.6 is 11.6 Å². The Labute approximate surface area is 134 Å². The highest BCUT2D eigenvalue weighted by atomic mass is 35.5. The van der Waals surface area contributed by atoms with E-state index in [0.29, 0.717) is 16.1 Å². The van der Waals surface area contributed by atoms with Crippen LogP contribution in [0.5, 0.6) is 0 Å². The molecule has 0 aliphatic carbocycles. The average molecular weight is 315 g/mol. The number of aryl methyl sites for hydroxylation is 1. The van der Waals surface area contributed by atoms with E-state index in [4.69, 9.17) is 16.3 Å². The third-order valence-corrected chi connectivity index (χ3v) is 3.26. The van der Waals surface area contributed by atoms with Crippen LogP contribution in [0, 0.1) is 6.92 Å². The van der Waals surface area contributed by atoms with E-state index in [1.807, 2.05) is 19.1 Å². The standard InChI is InChI=1S/C18H15ClO3/c1-12-3-5-15(6-4-12)18(21)22-13(2)11-17(20)14-7-9-16(19)10-8-14/h3-11H,1-2H3/b13-11+. The van der Waals surface area contributed by atoms with Crippen molar-refractivity contribution in [2.75, 3.05) is 0 Å². The summed E-state index contributed by atoms with van der Waals surface area (Å²) >= 11 is 5.77. The zero-order valence-electron chi connectivity index (χ0n) is 12.3. The number of ether oxygens (including phenoxy) is 1. The van der Waals surface area contributed by atoms with Crippen molar-refractivity contribution in [3.05, 3.63) is 82.1 Å². The molecule has 0 saturated carbocycles. The summed E-state index contributed by atoms with van der Waals surface area (Å²) in [5, 5.41) is 0.558. The molecule has 0 aromatic heterocycles. The topological polar surface area (TPSA) is 43.4 Å². The molecule has 0 atom stereocenters. The van der Waals surface area contributed by atoms with E-state index in [0.717, 1.165) is 5.56 Å². The largest absolute Gasteiger partial charge is 0.428 e. The average Bonchev–Trinajstić information content (AvgIpc) is 2.48. The molecule has 2 aromatic carbocycles. The minimum Gasteiger partial charge on any atom is -0.428 e. The Morgan fingerprint density at radius 3 is 2.09 bits per heavy atom. The molecule has 0 fully saturated rings. The summed E-state index contributed by atoms with van der Waals surface area (Å²) in [6.45, 7) is 3.50. The number of esters is 1. The van der Waals surface area contributed by atoms with Gasteiger partial charge in [-0.25, -0.2) is 4.79 Å². The van der Waals surface area contributed by atoms with Crippen molar-refractivity contribution in [1.82, 2.24) is 0 Å². The summed E-state index contributed by atoms with van der Waals surface area (Å²) in [4.78, 5) is 24.0. The van der Waals surface area contributed by atoms with Crippen molar-refractivity contribution in [3.8, 4) is 0 Å². The van der Waals surface area contributed by atoms with Crippen LogP contribution in [0.4, 0.5) is 0 Å². The van der Waals surface area contributed by atoms with E-state index in [9.17, 15) is 9.59 Å². The fourth-order valence-electron chi connectivity index (χ4n) is 1.81. The maximum absolute atomic E-state index is 12.0. The molecule has 112 valence electrons. The van der Waals surface area contributed by atoms with E-state index in [1.54, 1.807) is 43.3 Å². The number of carbonyl (C=O) groups is 2. The van der Waals surface area contributed by atoms with Gasteiger partial charge in [0, 0.05) is 16.7 Å². The van der Waals surface area contributed by atoms with Gasteiger partial charge in [-0.1, -0.05) is 29.3 Å². The van der Waals surface area contributed by atoms with Crippen molar-refractivity contribution in [2.45, 2.75) is 13.8 Å². The summed E-state index contributed by atoms with van der Waals surface area (Å²) in [7, 11) is 0. The molecule has 2 aromatic rings. The van der Waals surface area contributed by atoms with Gasteiger partial charge in [0.1, 0.15) is 5.76 Å². The van der Waals surface area contributed by atoms with Gasteiger partial charge < -0.3 is 4.74 Å². The lowest BCUT2D eigenvalue weighted by atomic mass is 10.1. The number of hydrogen-bond donors (Lipinski definition) is 0. The molecule has 0 aliphatic heterocycles. The second kappa shape index (κ2) is 7.05. The van der Waals surface area contributed by atoms with Gasteiger partial charge in [0.05, 0.1) is 5.56 Å². The number of hydrogen-bond acceptors (Lipinski definition) is 3. The predicted octanol–water partition coefficient (Wildman–Crippen LogP) is 4.59. The first kappa shape index (κ1) is 16.0. The zero-order valence-corrected chi connectivity index (χ0v) is 13.1. The van der Waals surface area contributed by atoms with Crippen molar-refractivity contribution in [2.24, 2.45) is 0 Å². The summed E-state index contributed by atoms with van der Waals surface area (Å²) in [6.07, 6.45) is 1.29. The third-order valence-electron chi connectivity index (χ3n) is 3.00. The van der Waals surface area contributed by atoms with Gasteiger partial charge in [0.25, 0.3) is 0 Å². The van der Waals surface area contributed by atoms with E-state index in [-0.39, 0.29) is 11.5 Å². The van der Waals surface area contributed by atoms with Crippen molar-refractivity contribution >= 4 is 23.4 Å². The second-order valence-corrected chi connectivity index (χ2v) is 5.32. The second-order valence-electron chi connectivity index (χ2n) is 4.88. The van der Waals surface area contributed by atoms with Gasteiger partial charge in [0.15, 0.2) is 5.78 Å². The van der Waals surface area contributed by atoms with Crippen LogP contribution in [0.1, 0.15) is 33.2 Å². The predicted molar refractivity (Wildman–Crippen MR) is 86.1 cm³/mol. The Hall–Kier alpha value is -2.39. The Morgan fingerprint density at radius 2 is 1.50 bits per heavy atom. The molecule has 0 bridgehead atoms. The number of allylic oxidation sites excluding steroid dienone is 2. The molecule has 0 spiro atoms. The van der Waals surface area contributed by atoms with E-state index >= 15 is 0 Å². The number of halogens is 1. The zero-order chi connectivity index (χ0) is 16.1. The Morgan fingerprint density at radius 1 is 0.955 bits per heavy atom. The lowest BCUT2D eigenvalue weighted by Crippen LogP contribution is -2.05. The molecule has 0 unspecified atom stereocenters.